The lowest BCUT2D eigenvalue weighted by atomic mass is 10.1. The number of likely N-dealkylation sites (N-methyl/N-ethyl adjacent to an activating group) is 1. The van der Waals surface area contributed by atoms with Gasteiger partial charge in [-0.1, -0.05) is 12.8 Å². The highest BCUT2D eigenvalue weighted by Gasteiger charge is 2.29. The van der Waals surface area contributed by atoms with Gasteiger partial charge in [0, 0.05) is 18.7 Å². The molecule has 1 atom stereocenters. The van der Waals surface area contributed by atoms with Crippen LogP contribution in [0.4, 0.5) is 5.69 Å². The van der Waals surface area contributed by atoms with Crippen LogP contribution in [0.15, 0.2) is 18.2 Å². The van der Waals surface area contributed by atoms with Gasteiger partial charge in [0.25, 0.3) is 11.8 Å². The van der Waals surface area contributed by atoms with Gasteiger partial charge in [-0.15, -0.1) is 0 Å². The Morgan fingerprint density at radius 3 is 2.76 bits per heavy atom. The van der Waals surface area contributed by atoms with Crippen molar-refractivity contribution in [1.29, 1.82) is 0 Å². The summed E-state index contributed by atoms with van der Waals surface area (Å²) in [6.45, 7) is 1.72. The summed E-state index contributed by atoms with van der Waals surface area (Å²) >= 11 is 0. The lowest BCUT2D eigenvalue weighted by Crippen LogP contribution is -2.42. The van der Waals surface area contributed by atoms with Crippen LogP contribution in [0.5, 0.6) is 5.75 Å². The number of anilines is 1. The van der Waals surface area contributed by atoms with Gasteiger partial charge in [-0.25, -0.2) is 0 Å². The van der Waals surface area contributed by atoms with Crippen molar-refractivity contribution in [3.63, 3.8) is 0 Å². The van der Waals surface area contributed by atoms with E-state index in [2.05, 4.69) is 5.32 Å². The fourth-order valence-corrected chi connectivity index (χ4v) is 3.00. The summed E-state index contributed by atoms with van der Waals surface area (Å²) in [6.07, 6.45) is 3.96. The molecule has 3 rings (SSSR count). The molecule has 0 radical (unpaired) electrons. The Labute approximate surface area is 124 Å². The normalized spacial score (nSPS) is 21.9. The van der Waals surface area contributed by atoms with Crippen LogP contribution < -0.4 is 15.0 Å². The van der Waals surface area contributed by atoms with Crippen LogP contribution in [0.3, 0.4) is 0 Å². The van der Waals surface area contributed by atoms with E-state index in [1.165, 1.54) is 12.8 Å². The average Bonchev–Trinajstić information content (AvgIpc) is 2.97. The number of rotatable bonds is 2. The van der Waals surface area contributed by atoms with Gasteiger partial charge in [0.2, 0.25) is 0 Å². The fraction of sp³-hybridized carbons (Fsp3) is 0.500. The largest absolute Gasteiger partial charge is 0.479 e. The number of nitrogens with zero attached hydrogens (tertiary/aromatic N) is 1. The third-order valence-electron chi connectivity index (χ3n) is 4.26. The van der Waals surface area contributed by atoms with Crippen molar-refractivity contribution in [2.24, 2.45) is 0 Å². The quantitative estimate of drug-likeness (QED) is 0.906. The molecule has 1 aromatic rings. The third-order valence-corrected chi connectivity index (χ3v) is 4.26. The van der Waals surface area contributed by atoms with Gasteiger partial charge < -0.3 is 15.0 Å². The van der Waals surface area contributed by atoms with E-state index in [1.54, 1.807) is 37.1 Å². The molecule has 1 N–H and O–H groups in total. The number of hydrogen-bond acceptors (Lipinski definition) is 3. The summed E-state index contributed by atoms with van der Waals surface area (Å²) in [5.41, 5.74) is 1.28. The molecule has 1 saturated carbocycles. The smallest absolute Gasteiger partial charge is 0.267 e. The lowest BCUT2D eigenvalue weighted by molar-refractivity contribution is -0.125. The zero-order valence-corrected chi connectivity index (χ0v) is 12.4. The molecule has 0 bridgehead atoms. The van der Waals surface area contributed by atoms with Crippen molar-refractivity contribution in [1.82, 2.24) is 5.32 Å². The Kier molecular flexibility index (Phi) is 3.57. The zero-order chi connectivity index (χ0) is 15.0. The predicted octanol–water partition coefficient (Wildman–Crippen LogP) is 2.10. The van der Waals surface area contributed by atoms with Crippen LogP contribution in [-0.2, 0) is 4.79 Å². The highest BCUT2D eigenvalue weighted by molar-refractivity contribution is 6.01. The molecular formula is C16H20N2O3. The Morgan fingerprint density at radius 2 is 2.05 bits per heavy atom. The summed E-state index contributed by atoms with van der Waals surface area (Å²) < 4.78 is 5.60. The summed E-state index contributed by atoms with van der Waals surface area (Å²) in [5.74, 6) is 0.440. The van der Waals surface area contributed by atoms with Crippen LogP contribution in [0.2, 0.25) is 0 Å². The number of benzene rings is 1. The number of nitrogens with one attached hydrogen (secondary N) is 1. The van der Waals surface area contributed by atoms with E-state index in [-0.39, 0.29) is 17.9 Å². The zero-order valence-electron chi connectivity index (χ0n) is 12.4. The number of fused-ring (bicyclic) bond motifs is 1. The molecule has 1 unspecified atom stereocenters. The maximum Gasteiger partial charge on any atom is 0.267 e. The molecule has 5 nitrogen and oxygen atoms in total. The lowest BCUT2D eigenvalue weighted by Gasteiger charge is -2.30. The van der Waals surface area contributed by atoms with Gasteiger partial charge in [-0.2, -0.15) is 0 Å². The molecule has 21 heavy (non-hydrogen) atoms. The molecule has 0 aromatic heterocycles. The fourth-order valence-electron chi connectivity index (χ4n) is 3.00. The molecule has 112 valence electrons. The number of hydrogen-bond donors (Lipinski definition) is 1. The van der Waals surface area contributed by atoms with E-state index in [4.69, 9.17) is 4.74 Å². The molecule has 1 fully saturated rings. The first-order valence-electron chi connectivity index (χ1n) is 7.45. The number of ether oxygens (including phenoxy) is 1. The first-order valence-corrected chi connectivity index (χ1v) is 7.45. The maximum absolute atomic E-state index is 12.3. The highest BCUT2D eigenvalue weighted by Crippen LogP contribution is 2.34. The first-order chi connectivity index (χ1) is 10.1. The Bertz CT molecular complexity index is 579. The third kappa shape index (κ3) is 2.60. The molecule has 1 aliphatic carbocycles. The molecule has 1 aliphatic heterocycles. The standard InChI is InChI=1S/C16H20N2O3/c1-10-16(20)18(2)13-8-7-11(9-14(13)21-10)15(19)17-12-5-3-4-6-12/h7-10,12H,3-6H2,1-2H3,(H,17,19). The number of amides is 2. The minimum Gasteiger partial charge on any atom is -0.479 e. The van der Waals surface area contributed by atoms with E-state index in [9.17, 15) is 9.59 Å². The van der Waals surface area contributed by atoms with Gasteiger partial charge in [0.1, 0.15) is 5.75 Å². The molecule has 0 saturated heterocycles. The van der Waals surface area contributed by atoms with Crippen molar-refractivity contribution >= 4 is 17.5 Å². The first kappa shape index (κ1) is 13.9. The van der Waals surface area contributed by atoms with Crippen LogP contribution in [0.1, 0.15) is 43.0 Å². The molecule has 1 heterocycles. The minimum absolute atomic E-state index is 0.0690. The van der Waals surface area contributed by atoms with Gasteiger partial charge >= 0.3 is 0 Å². The van der Waals surface area contributed by atoms with E-state index in [1.807, 2.05) is 0 Å². The van der Waals surface area contributed by atoms with Crippen molar-refractivity contribution < 1.29 is 14.3 Å². The van der Waals surface area contributed by atoms with Crippen LogP contribution >= 0.6 is 0 Å². The van der Waals surface area contributed by atoms with Gasteiger partial charge in [0.15, 0.2) is 6.10 Å². The maximum atomic E-state index is 12.3. The Morgan fingerprint density at radius 1 is 1.33 bits per heavy atom. The molecule has 2 amide bonds. The van der Waals surface area contributed by atoms with Crippen molar-refractivity contribution in [3.05, 3.63) is 23.8 Å². The van der Waals surface area contributed by atoms with Crippen LogP contribution in [0.25, 0.3) is 0 Å². The van der Waals surface area contributed by atoms with Crippen molar-refractivity contribution in [2.45, 2.75) is 44.8 Å². The van der Waals surface area contributed by atoms with Gasteiger partial charge in [-0.3, -0.25) is 9.59 Å². The Balaban J connectivity index is 1.80. The molecule has 0 spiro atoms. The summed E-state index contributed by atoms with van der Waals surface area (Å²) in [6, 6.07) is 5.52. The topological polar surface area (TPSA) is 58.6 Å². The van der Waals surface area contributed by atoms with E-state index in [0.29, 0.717) is 17.0 Å². The Hall–Kier alpha value is -2.04. The predicted molar refractivity (Wildman–Crippen MR) is 79.7 cm³/mol. The van der Waals surface area contributed by atoms with Crippen LogP contribution in [-0.4, -0.2) is 31.0 Å². The second kappa shape index (κ2) is 5.39. The minimum atomic E-state index is -0.518. The molecule has 2 aliphatic rings. The summed E-state index contributed by atoms with van der Waals surface area (Å²) in [7, 11) is 1.72. The number of carbonyl (C=O) groups is 2. The summed E-state index contributed by atoms with van der Waals surface area (Å²) in [5, 5.41) is 3.06. The van der Waals surface area contributed by atoms with Gasteiger partial charge in [-0.05, 0) is 38.0 Å². The molecule has 1 aromatic carbocycles. The highest BCUT2D eigenvalue weighted by atomic mass is 16.5. The second-order valence-corrected chi connectivity index (χ2v) is 5.79. The van der Waals surface area contributed by atoms with E-state index in [0.717, 1.165) is 12.8 Å². The monoisotopic (exact) mass is 288 g/mol. The average molecular weight is 288 g/mol. The molecular weight excluding hydrogens is 268 g/mol. The van der Waals surface area contributed by atoms with Crippen LogP contribution in [0, 0.1) is 0 Å². The van der Waals surface area contributed by atoms with Crippen molar-refractivity contribution in [2.75, 3.05) is 11.9 Å². The molecule has 5 heteroatoms. The second-order valence-electron chi connectivity index (χ2n) is 5.79. The van der Waals surface area contributed by atoms with E-state index >= 15 is 0 Å². The van der Waals surface area contributed by atoms with Gasteiger partial charge in [0.05, 0.1) is 5.69 Å². The SMILES string of the molecule is CC1Oc2cc(C(=O)NC3CCCC3)ccc2N(C)C1=O. The number of carbonyl (C=O) groups excluding carboxylic acids is 2. The summed E-state index contributed by atoms with van der Waals surface area (Å²) in [4.78, 5) is 25.7. The van der Waals surface area contributed by atoms with Crippen molar-refractivity contribution in [3.8, 4) is 5.75 Å². The van der Waals surface area contributed by atoms with E-state index < -0.39 is 6.10 Å².